The molecule has 1 aromatic heterocycles. The number of nitrogens with zero attached hydrogens (tertiary/aromatic N) is 1. The molecule has 1 N–H and O–H groups in total. The molecule has 0 fully saturated rings. The van der Waals surface area contributed by atoms with Crippen molar-refractivity contribution in [3.63, 3.8) is 0 Å². The molecule has 0 radical (unpaired) electrons. The van der Waals surface area contributed by atoms with E-state index in [0.717, 1.165) is 50.0 Å². The lowest BCUT2D eigenvalue weighted by Gasteiger charge is -2.00. The average Bonchev–Trinajstić information content (AvgIpc) is 2.73. The maximum Gasteiger partial charge on any atom is 0.0951 e. The summed E-state index contributed by atoms with van der Waals surface area (Å²) >= 11 is 1.70. The molecule has 1 aromatic rings. The highest BCUT2D eigenvalue weighted by atomic mass is 32.1. The number of methoxy groups -OCH3 is 1. The van der Waals surface area contributed by atoms with E-state index in [1.807, 2.05) is 6.92 Å². The van der Waals surface area contributed by atoms with Crippen molar-refractivity contribution < 1.29 is 9.47 Å². The summed E-state index contributed by atoms with van der Waals surface area (Å²) in [6.07, 6.45) is 0.913. The van der Waals surface area contributed by atoms with Crippen molar-refractivity contribution in [3.8, 4) is 0 Å². The minimum atomic E-state index is 0.737. The summed E-state index contributed by atoms with van der Waals surface area (Å²) in [7, 11) is 1.70. The van der Waals surface area contributed by atoms with Gasteiger partial charge in [0, 0.05) is 38.6 Å². The van der Waals surface area contributed by atoms with E-state index in [1.165, 1.54) is 0 Å². The standard InChI is InChI=1S/C11H20N2O2S/c1-3-15-6-4-11-13-10(9-16-11)8-12-5-7-14-2/h9,12H,3-8H2,1-2H3. The predicted molar refractivity (Wildman–Crippen MR) is 65.9 cm³/mol. The Kier molecular flexibility index (Phi) is 7.33. The van der Waals surface area contributed by atoms with Gasteiger partial charge in [-0.2, -0.15) is 0 Å². The van der Waals surface area contributed by atoms with Crippen LogP contribution in [-0.4, -0.2) is 38.5 Å². The summed E-state index contributed by atoms with van der Waals surface area (Å²) in [5.74, 6) is 0. The number of rotatable bonds is 9. The fourth-order valence-corrected chi connectivity index (χ4v) is 2.02. The molecule has 0 saturated carbocycles. The van der Waals surface area contributed by atoms with E-state index >= 15 is 0 Å². The van der Waals surface area contributed by atoms with Crippen LogP contribution in [0.3, 0.4) is 0 Å². The quantitative estimate of drug-likeness (QED) is 0.668. The third-order valence-electron chi connectivity index (χ3n) is 2.05. The smallest absolute Gasteiger partial charge is 0.0951 e. The summed E-state index contributed by atoms with van der Waals surface area (Å²) in [6, 6.07) is 0. The van der Waals surface area contributed by atoms with Crippen LogP contribution in [0.25, 0.3) is 0 Å². The number of nitrogens with one attached hydrogen (secondary N) is 1. The van der Waals surface area contributed by atoms with E-state index in [2.05, 4.69) is 15.7 Å². The van der Waals surface area contributed by atoms with Gasteiger partial charge in [0.2, 0.25) is 0 Å². The van der Waals surface area contributed by atoms with Gasteiger partial charge in [-0.3, -0.25) is 0 Å². The molecule has 16 heavy (non-hydrogen) atoms. The van der Waals surface area contributed by atoms with Crippen molar-refractivity contribution in [2.75, 3.05) is 33.5 Å². The molecule has 0 unspecified atom stereocenters. The van der Waals surface area contributed by atoms with Gasteiger partial charge in [-0.15, -0.1) is 11.3 Å². The van der Waals surface area contributed by atoms with Crippen LogP contribution in [0.1, 0.15) is 17.6 Å². The van der Waals surface area contributed by atoms with E-state index in [-0.39, 0.29) is 0 Å². The maximum absolute atomic E-state index is 5.29. The second-order valence-electron chi connectivity index (χ2n) is 3.35. The van der Waals surface area contributed by atoms with Crippen LogP contribution in [0, 0.1) is 0 Å². The van der Waals surface area contributed by atoms with Crippen LogP contribution < -0.4 is 5.32 Å². The molecule has 1 heterocycles. The molecule has 0 atom stereocenters. The van der Waals surface area contributed by atoms with Crippen LogP contribution >= 0.6 is 11.3 Å². The third-order valence-corrected chi connectivity index (χ3v) is 3.01. The zero-order chi connectivity index (χ0) is 11.6. The first kappa shape index (κ1) is 13.6. The first-order valence-electron chi connectivity index (χ1n) is 5.57. The lowest BCUT2D eigenvalue weighted by atomic mass is 10.4. The van der Waals surface area contributed by atoms with Crippen LogP contribution in [0.4, 0.5) is 0 Å². The second kappa shape index (κ2) is 8.64. The number of hydrogen-bond donors (Lipinski definition) is 1. The summed E-state index contributed by atoms with van der Waals surface area (Å²) in [4.78, 5) is 4.51. The fourth-order valence-electron chi connectivity index (χ4n) is 1.24. The van der Waals surface area contributed by atoms with Crippen LogP contribution in [-0.2, 0) is 22.4 Å². The molecule has 92 valence electrons. The van der Waals surface area contributed by atoms with Crippen molar-refractivity contribution in [3.05, 3.63) is 16.1 Å². The zero-order valence-corrected chi connectivity index (χ0v) is 10.8. The molecular weight excluding hydrogens is 224 g/mol. The Morgan fingerprint density at radius 1 is 1.44 bits per heavy atom. The molecule has 4 nitrogen and oxygen atoms in total. The molecule has 0 spiro atoms. The molecule has 0 bridgehead atoms. The summed E-state index contributed by atoms with van der Waals surface area (Å²) in [5, 5.41) is 6.52. The lowest BCUT2D eigenvalue weighted by molar-refractivity contribution is 0.151. The van der Waals surface area contributed by atoms with Crippen molar-refractivity contribution in [1.82, 2.24) is 10.3 Å². The van der Waals surface area contributed by atoms with Gasteiger partial charge in [0.05, 0.1) is 23.9 Å². The van der Waals surface area contributed by atoms with E-state index in [0.29, 0.717) is 0 Å². The second-order valence-corrected chi connectivity index (χ2v) is 4.29. The van der Waals surface area contributed by atoms with Gasteiger partial charge in [0.1, 0.15) is 0 Å². The van der Waals surface area contributed by atoms with Gasteiger partial charge in [0.25, 0.3) is 0 Å². The Hall–Kier alpha value is -0.490. The number of thiazole rings is 1. The molecule has 0 aliphatic carbocycles. The lowest BCUT2D eigenvalue weighted by Crippen LogP contribution is -2.18. The predicted octanol–water partition coefficient (Wildman–Crippen LogP) is 1.46. The van der Waals surface area contributed by atoms with Crippen molar-refractivity contribution in [2.24, 2.45) is 0 Å². The highest BCUT2D eigenvalue weighted by Gasteiger charge is 2.01. The molecule has 0 saturated heterocycles. The van der Waals surface area contributed by atoms with Gasteiger partial charge in [-0.1, -0.05) is 0 Å². The minimum Gasteiger partial charge on any atom is -0.383 e. The highest BCUT2D eigenvalue weighted by molar-refractivity contribution is 7.09. The summed E-state index contributed by atoms with van der Waals surface area (Å²) < 4.78 is 10.2. The van der Waals surface area contributed by atoms with E-state index in [4.69, 9.17) is 9.47 Å². The van der Waals surface area contributed by atoms with Crippen molar-refractivity contribution in [1.29, 1.82) is 0 Å². The first-order valence-corrected chi connectivity index (χ1v) is 6.45. The fraction of sp³-hybridized carbons (Fsp3) is 0.727. The van der Waals surface area contributed by atoms with Gasteiger partial charge in [-0.05, 0) is 6.92 Å². The number of aromatic nitrogens is 1. The number of ether oxygens (including phenoxy) is 2. The maximum atomic E-state index is 5.29. The minimum absolute atomic E-state index is 0.737. The molecule has 0 aliphatic rings. The Morgan fingerprint density at radius 2 is 2.31 bits per heavy atom. The Balaban J connectivity index is 2.17. The van der Waals surface area contributed by atoms with Gasteiger partial charge < -0.3 is 14.8 Å². The summed E-state index contributed by atoms with van der Waals surface area (Å²) in [5.41, 5.74) is 1.10. The molecule has 1 rings (SSSR count). The van der Waals surface area contributed by atoms with Gasteiger partial charge >= 0.3 is 0 Å². The Labute approximate surface area is 101 Å². The zero-order valence-electron chi connectivity index (χ0n) is 9.99. The van der Waals surface area contributed by atoms with Crippen LogP contribution in [0.2, 0.25) is 0 Å². The van der Waals surface area contributed by atoms with E-state index in [1.54, 1.807) is 18.4 Å². The van der Waals surface area contributed by atoms with Crippen LogP contribution in [0.5, 0.6) is 0 Å². The van der Waals surface area contributed by atoms with E-state index < -0.39 is 0 Å². The Bertz CT molecular complexity index is 279. The monoisotopic (exact) mass is 244 g/mol. The third kappa shape index (κ3) is 5.55. The largest absolute Gasteiger partial charge is 0.383 e. The van der Waals surface area contributed by atoms with E-state index in [9.17, 15) is 0 Å². The Morgan fingerprint density at radius 3 is 3.06 bits per heavy atom. The number of hydrogen-bond acceptors (Lipinski definition) is 5. The highest BCUT2D eigenvalue weighted by Crippen LogP contribution is 2.10. The molecule has 0 aliphatic heterocycles. The van der Waals surface area contributed by atoms with Crippen molar-refractivity contribution in [2.45, 2.75) is 19.9 Å². The van der Waals surface area contributed by atoms with Gasteiger partial charge in [0.15, 0.2) is 0 Å². The molecule has 5 heteroatoms. The van der Waals surface area contributed by atoms with Crippen LogP contribution in [0.15, 0.2) is 5.38 Å². The molecule has 0 amide bonds. The molecule has 0 aromatic carbocycles. The SMILES string of the molecule is CCOCCc1nc(CNCCOC)cs1. The normalized spacial score (nSPS) is 10.9. The van der Waals surface area contributed by atoms with Crippen molar-refractivity contribution >= 4 is 11.3 Å². The summed E-state index contributed by atoms with van der Waals surface area (Å²) in [6.45, 7) is 5.96. The van der Waals surface area contributed by atoms with Gasteiger partial charge in [-0.25, -0.2) is 4.98 Å². The first-order chi connectivity index (χ1) is 7.86. The topological polar surface area (TPSA) is 43.4 Å². The molecular formula is C11H20N2O2S. The average molecular weight is 244 g/mol.